The zero-order chi connectivity index (χ0) is 19.9. The highest BCUT2D eigenvalue weighted by Gasteiger charge is 2.24. The fourth-order valence-corrected chi connectivity index (χ4v) is 3.84. The van der Waals surface area contributed by atoms with Gasteiger partial charge in [0.15, 0.2) is 11.5 Å². The number of para-hydroxylation sites is 2. The topological polar surface area (TPSA) is 67.2 Å². The molecule has 6 nitrogen and oxygen atoms in total. The Hall–Kier alpha value is -2.60. The van der Waals surface area contributed by atoms with Gasteiger partial charge in [-0.15, -0.1) is 0 Å². The summed E-state index contributed by atoms with van der Waals surface area (Å²) in [5.74, 6) is 2.76. The minimum Gasteiger partial charge on any atom is -0.490 e. The van der Waals surface area contributed by atoms with Crippen LogP contribution in [0.5, 0.6) is 17.4 Å². The molecule has 1 N–H and O–H groups in total. The number of piperidine rings is 1. The second-order valence-electron chi connectivity index (χ2n) is 7.61. The van der Waals surface area contributed by atoms with Crippen molar-refractivity contribution >= 4 is 5.84 Å². The van der Waals surface area contributed by atoms with Crippen LogP contribution in [0.3, 0.4) is 0 Å². The number of benzene rings is 1. The van der Waals surface area contributed by atoms with Crippen molar-refractivity contribution in [1.29, 1.82) is 0 Å². The van der Waals surface area contributed by atoms with Crippen LogP contribution in [0, 0.1) is 0 Å². The van der Waals surface area contributed by atoms with Crippen LogP contribution in [-0.2, 0) is 0 Å². The minimum absolute atomic E-state index is 0.324. The number of aromatic nitrogens is 1. The van der Waals surface area contributed by atoms with Crippen molar-refractivity contribution in [1.82, 2.24) is 9.88 Å². The average Bonchev–Trinajstić information content (AvgIpc) is 2.74. The van der Waals surface area contributed by atoms with Gasteiger partial charge in [0.05, 0.1) is 18.3 Å². The van der Waals surface area contributed by atoms with Crippen molar-refractivity contribution in [3.63, 3.8) is 0 Å². The SMILES string of the molecule is OC1CCCN(C2=NCCCCCCOc3ccccc3Oc3ncccc32)C1. The molecule has 1 aromatic carbocycles. The predicted octanol–water partition coefficient (Wildman–Crippen LogP) is 4.03. The first kappa shape index (κ1) is 19.7. The lowest BCUT2D eigenvalue weighted by atomic mass is 10.1. The van der Waals surface area contributed by atoms with E-state index in [1.165, 1.54) is 0 Å². The summed E-state index contributed by atoms with van der Waals surface area (Å²) in [5.41, 5.74) is 0.855. The molecular weight excluding hydrogens is 366 g/mol. The zero-order valence-electron chi connectivity index (χ0n) is 16.8. The Labute approximate surface area is 172 Å². The van der Waals surface area contributed by atoms with Gasteiger partial charge in [-0.05, 0) is 56.4 Å². The lowest BCUT2D eigenvalue weighted by Gasteiger charge is -2.33. The summed E-state index contributed by atoms with van der Waals surface area (Å²) in [6.07, 6.45) is 7.49. The molecule has 1 unspecified atom stereocenters. The molecule has 154 valence electrons. The average molecular weight is 396 g/mol. The highest BCUT2D eigenvalue weighted by molar-refractivity contribution is 6.00. The third-order valence-electron chi connectivity index (χ3n) is 5.34. The molecule has 0 saturated carbocycles. The van der Waals surface area contributed by atoms with E-state index in [0.29, 0.717) is 24.8 Å². The Morgan fingerprint density at radius 3 is 2.72 bits per heavy atom. The number of pyridine rings is 1. The van der Waals surface area contributed by atoms with Crippen LogP contribution < -0.4 is 9.47 Å². The van der Waals surface area contributed by atoms with Gasteiger partial charge in [0.2, 0.25) is 5.88 Å². The van der Waals surface area contributed by atoms with Crippen LogP contribution in [0.2, 0.25) is 0 Å². The van der Waals surface area contributed by atoms with Crippen molar-refractivity contribution in [3.05, 3.63) is 48.2 Å². The summed E-state index contributed by atoms with van der Waals surface area (Å²) in [4.78, 5) is 11.6. The number of hydrogen-bond donors (Lipinski definition) is 1. The van der Waals surface area contributed by atoms with Gasteiger partial charge in [0.1, 0.15) is 5.84 Å². The van der Waals surface area contributed by atoms with Crippen LogP contribution in [0.4, 0.5) is 0 Å². The Kier molecular flexibility index (Phi) is 6.62. The minimum atomic E-state index is -0.324. The highest BCUT2D eigenvalue weighted by Crippen LogP contribution is 2.33. The molecule has 1 fully saturated rings. The smallest absolute Gasteiger partial charge is 0.230 e. The highest BCUT2D eigenvalue weighted by atomic mass is 16.5. The molecule has 1 aromatic heterocycles. The zero-order valence-corrected chi connectivity index (χ0v) is 16.8. The van der Waals surface area contributed by atoms with Crippen molar-refractivity contribution < 1.29 is 14.6 Å². The lowest BCUT2D eigenvalue weighted by Crippen LogP contribution is -2.42. The molecule has 29 heavy (non-hydrogen) atoms. The van der Waals surface area contributed by atoms with Gasteiger partial charge in [0, 0.05) is 25.8 Å². The molecular formula is C23H29N3O3. The number of ether oxygens (including phenoxy) is 2. The molecule has 0 aliphatic carbocycles. The fraction of sp³-hybridized carbons (Fsp3) is 0.478. The van der Waals surface area contributed by atoms with E-state index in [1.54, 1.807) is 6.20 Å². The molecule has 2 aromatic rings. The van der Waals surface area contributed by atoms with Gasteiger partial charge < -0.3 is 19.5 Å². The van der Waals surface area contributed by atoms with Crippen LogP contribution in [-0.4, -0.2) is 53.2 Å². The summed E-state index contributed by atoms with van der Waals surface area (Å²) < 4.78 is 12.2. The van der Waals surface area contributed by atoms with E-state index < -0.39 is 0 Å². The summed E-state index contributed by atoms with van der Waals surface area (Å²) in [6.45, 7) is 2.90. The van der Waals surface area contributed by atoms with Gasteiger partial charge >= 0.3 is 0 Å². The molecule has 6 heteroatoms. The number of hydrogen-bond acceptors (Lipinski definition) is 6. The molecule has 4 rings (SSSR count). The standard InChI is InChI=1S/C23H29N3O3/c27-18-9-8-15-26(17-18)22-19-10-7-14-25-23(19)29-21-12-4-3-11-20(21)28-16-6-2-1-5-13-24-22/h3-4,7,10-12,14,18,27H,1-2,5-6,8-9,13,15-17H2. The number of aliphatic hydroxyl groups excluding tert-OH is 1. The molecule has 0 spiro atoms. The first-order valence-corrected chi connectivity index (χ1v) is 10.6. The van der Waals surface area contributed by atoms with E-state index in [0.717, 1.165) is 68.8 Å². The van der Waals surface area contributed by atoms with Crippen LogP contribution in [0.15, 0.2) is 47.6 Å². The third-order valence-corrected chi connectivity index (χ3v) is 5.34. The van der Waals surface area contributed by atoms with Gasteiger partial charge in [0.25, 0.3) is 0 Å². The number of aliphatic imine (C=N–C) groups is 1. The summed E-state index contributed by atoms with van der Waals surface area (Å²) in [7, 11) is 0. The van der Waals surface area contributed by atoms with E-state index in [-0.39, 0.29) is 6.10 Å². The van der Waals surface area contributed by atoms with E-state index in [1.807, 2.05) is 36.4 Å². The Bertz CT molecular complexity index is 840. The number of fused-ring (bicyclic) bond motifs is 2. The number of nitrogens with zero attached hydrogens (tertiary/aromatic N) is 3. The van der Waals surface area contributed by atoms with Gasteiger partial charge in [-0.1, -0.05) is 18.6 Å². The fourth-order valence-electron chi connectivity index (χ4n) is 3.84. The Balaban J connectivity index is 1.71. The second-order valence-corrected chi connectivity index (χ2v) is 7.61. The maximum Gasteiger partial charge on any atom is 0.230 e. The predicted molar refractivity (Wildman–Crippen MR) is 113 cm³/mol. The number of amidine groups is 1. The second kappa shape index (κ2) is 9.74. The molecule has 3 heterocycles. The molecule has 1 atom stereocenters. The summed E-state index contributed by atoms with van der Waals surface area (Å²) >= 11 is 0. The molecule has 0 bridgehead atoms. The van der Waals surface area contributed by atoms with Crippen LogP contribution >= 0.6 is 0 Å². The summed E-state index contributed by atoms with van der Waals surface area (Å²) in [5, 5.41) is 10.2. The first-order chi connectivity index (χ1) is 14.3. The number of rotatable bonds is 0. The van der Waals surface area contributed by atoms with Gasteiger partial charge in [-0.3, -0.25) is 4.99 Å². The van der Waals surface area contributed by atoms with Crippen LogP contribution in [0.25, 0.3) is 0 Å². The normalized spacial score (nSPS) is 20.9. The van der Waals surface area contributed by atoms with Crippen molar-refractivity contribution in [3.8, 4) is 17.4 Å². The van der Waals surface area contributed by atoms with Gasteiger partial charge in [-0.2, -0.15) is 0 Å². The maximum atomic E-state index is 10.2. The monoisotopic (exact) mass is 395 g/mol. The number of aliphatic hydroxyl groups is 1. The van der Waals surface area contributed by atoms with E-state index in [4.69, 9.17) is 14.5 Å². The quantitative estimate of drug-likeness (QED) is 0.729. The van der Waals surface area contributed by atoms with Crippen molar-refractivity contribution in [2.24, 2.45) is 4.99 Å². The number of β-amino-alcohol motifs (C(OH)–C–C–N with tert-alkyl or cyclic N) is 1. The Morgan fingerprint density at radius 2 is 1.83 bits per heavy atom. The van der Waals surface area contributed by atoms with Crippen LogP contribution in [0.1, 0.15) is 44.1 Å². The van der Waals surface area contributed by atoms with E-state index in [9.17, 15) is 5.11 Å². The first-order valence-electron chi connectivity index (χ1n) is 10.6. The van der Waals surface area contributed by atoms with E-state index in [2.05, 4.69) is 9.88 Å². The van der Waals surface area contributed by atoms with Crippen molar-refractivity contribution in [2.75, 3.05) is 26.2 Å². The number of likely N-dealkylation sites (tertiary alicyclic amines) is 1. The molecule has 2 aliphatic rings. The molecule has 2 aliphatic heterocycles. The largest absolute Gasteiger partial charge is 0.490 e. The lowest BCUT2D eigenvalue weighted by molar-refractivity contribution is 0.103. The third kappa shape index (κ3) is 5.07. The molecule has 0 radical (unpaired) electrons. The Morgan fingerprint density at radius 1 is 0.966 bits per heavy atom. The summed E-state index contributed by atoms with van der Waals surface area (Å²) in [6, 6.07) is 11.6. The maximum absolute atomic E-state index is 10.2. The van der Waals surface area contributed by atoms with Crippen molar-refractivity contribution in [2.45, 2.75) is 44.6 Å². The van der Waals surface area contributed by atoms with Gasteiger partial charge in [-0.25, -0.2) is 4.98 Å². The molecule has 0 amide bonds. The molecule has 1 saturated heterocycles. The van der Waals surface area contributed by atoms with E-state index >= 15 is 0 Å².